The average molecular weight is 183 g/mol. The second-order valence-corrected chi connectivity index (χ2v) is 3.35. The smallest absolute Gasteiger partial charge is 0.0709 e. The van der Waals surface area contributed by atoms with Gasteiger partial charge in [0.25, 0.3) is 0 Å². The summed E-state index contributed by atoms with van der Waals surface area (Å²) in [5.41, 5.74) is 1.01. The van der Waals surface area contributed by atoms with Gasteiger partial charge in [-0.05, 0) is 6.07 Å². The first-order chi connectivity index (χ1) is 6.84. The molecule has 3 aromatic rings. The van der Waals surface area contributed by atoms with Crippen LogP contribution >= 0.6 is 0 Å². The highest BCUT2D eigenvalue weighted by molar-refractivity contribution is 6.05. The van der Waals surface area contributed by atoms with Gasteiger partial charge in [-0.3, -0.25) is 9.66 Å². The zero-order valence-electron chi connectivity index (χ0n) is 7.51. The predicted molar refractivity (Wildman–Crippen MR) is 57.4 cm³/mol. The van der Waals surface area contributed by atoms with Crippen LogP contribution in [-0.4, -0.2) is 9.66 Å². The first kappa shape index (κ1) is 7.38. The summed E-state index contributed by atoms with van der Waals surface area (Å²) >= 11 is 0. The second kappa shape index (κ2) is 2.48. The van der Waals surface area contributed by atoms with Crippen LogP contribution < -0.4 is 5.84 Å². The van der Waals surface area contributed by atoms with Crippen LogP contribution in [-0.2, 0) is 0 Å². The normalized spacial score (nSPS) is 11.1. The number of rotatable bonds is 0. The zero-order valence-corrected chi connectivity index (χ0v) is 7.51. The number of nitrogens with two attached hydrogens (primary N) is 1. The number of benzene rings is 1. The van der Waals surface area contributed by atoms with Crippen LogP contribution in [0.25, 0.3) is 21.7 Å². The van der Waals surface area contributed by atoms with Gasteiger partial charge in [-0.2, -0.15) is 0 Å². The molecule has 0 radical (unpaired) electrons. The molecule has 0 saturated heterocycles. The number of nitrogens with zero attached hydrogens (tertiary/aromatic N) is 2. The average Bonchev–Trinajstić information content (AvgIpc) is 2.59. The Labute approximate surface area is 80.7 Å². The second-order valence-electron chi connectivity index (χ2n) is 3.35. The van der Waals surface area contributed by atoms with Gasteiger partial charge in [-0.15, -0.1) is 0 Å². The van der Waals surface area contributed by atoms with Gasteiger partial charge in [0.1, 0.15) is 0 Å². The molecule has 0 atom stereocenters. The summed E-state index contributed by atoms with van der Waals surface area (Å²) in [6.07, 6.45) is 5.63. The lowest BCUT2D eigenvalue weighted by molar-refractivity contribution is 1.03. The highest BCUT2D eigenvalue weighted by atomic mass is 15.3. The molecule has 3 rings (SSSR count). The number of hydrogen-bond acceptors (Lipinski definition) is 2. The monoisotopic (exact) mass is 183 g/mol. The van der Waals surface area contributed by atoms with Crippen molar-refractivity contribution in [3.05, 3.63) is 42.9 Å². The third-order valence-corrected chi connectivity index (χ3v) is 2.41. The van der Waals surface area contributed by atoms with Gasteiger partial charge in [-0.25, -0.2) is 0 Å². The number of aromatic nitrogens is 2. The third-order valence-electron chi connectivity index (χ3n) is 2.41. The predicted octanol–water partition coefficient (Wildman–Crippen LogP) is 1.90. The van der Waals surface area contributed by atoms with Crippen LogP contribution in [0.3, 0.4) is 0 Å². The van der Waals surface area contributed by atoms with Crippen molar-refractivity contribution in [2.45, 2.75) is 0 Å². The molecule has 2 N–H and O–H groups in total. The fourth-order valence-corrected chi connectivity index (χ4v) is 1.77. The molecule has 14 heavy (non-hydrogen) atoms. The molecule has 3 nitrogen and oxygen atoms in total. The molecule has 68 valence electrons. The highest BCUT2D eigenvalue weighted by Crippen LogP contribution is 2.22. The molecule has 0 fully saturated rings. The SMILES string of the molecule is Nn1cc2cnc3ccccc3c2c1. The summed E-state index contributed by atoms with van der Waals surface area (Å²) in [6, 6.07) is 8.06. The topological polar surface area (TPSA) is 43.8 Å². The first-order valence-corrected chi connectivity index (χ1v) is 4.45. The minimum Gasteiger partial charge on any atom is -0.340 e. The summed E-state index contributed by atoms with van der Waals surface area (Å²) in [5.74, 6) is 5.67. The van der Waals surface area contributed by atoms with E-state index in [4.69, 9.17) is 5.84 Å². The summed E-state index contributed by atoms with van der Waals surface area (Å²) in [5, 5.41) is 3.37. The summed E-state index contributed by atoms with van der Waals surface area (Å²) in [4.78, 5) is 4.35. The first-order valence-electron chi connectivity index (χ1n) is 4.45. The number of nitrogen functional groups attached to an aromatic ring is 1. The fourth-order valence-electron chi connectivity index (χ4n) is 1.77. The quantitative estimate of drug-likeness (QED) is 0.541. The van der Waals surface area contributed by atoms with Gasteiger partial charge in [-0.1, -0.05) is 18.2 Å². The van der Waals surface area contributed by atoms with E-state index in [1.165, 1.54) is 0 Å². The van der Waals surface area contributed by atoms with Crippen molar-refractivity contribution < 1.29 is 0 Å². The molecule has 0 bridgehead atoms. The van der Waals surface area contributed by atoms with E-state index in [1.807, 2.05) is 36.8 Å². The minimum atomic E-state index is 1.01. The van der Waals surface area contributed by atoms with Gasteiger partial charge in [0.05, 0.1) is 5.52 Å². The molecule has 0 amide bonds. The molecule has 0 spiro atoms. The Hall–Kier alpha value is -2.03. The van der Waals surface area contributed by atoms with Crippen molar-refractivity contribution in [1.82, 2.24) is 9.66 Å². The van der Waals surface area contributed by atoms with E-state index in [0.29, 0.717) is 0 Å². The molecule has 0 saturated carbocycles. The fraction of sp³-hybridized carbons (Fsp3) is 0. The maximum Gasteiger partial charge on any atom is 0.0709 e. The number of hydrogen-bond donors (Lipinski definition) is 1. The third kappa shape index (κ3) is 0.893. The van der Waals surface area contributed by atoms with Gasteiger partial charge >= 0.3 is 0 Å². The van der Waals surface area contributed by atoms with Crippen molar-refractivity contribution >= 4 is 21.7 Å². The van der Waals surface area contributed by atoms with Crippen LogP contribution in [0.2, 0.25) is 0 Å². The summed E-state index contributed by atoms with van der Waals surface area (Å²) < 4.78 is 1.57. The standard InChI is InChI=1S/C11H9N3/c12-14-6-8-5-13-11-4-2-1-3-9(11)10(8)7-14/h1-7H,12H2. The maximum absolute atomic E-state index is 5.67. The Balaban J connectivity index is 2.60. The largest absolute Gasteiger partial charge is 0.340 e. The van der Waals surface area contributed by atoms with Crippen molar-refractivity contribution in [3.63, 3.8) is 0 Å². The van der Waals surface area contributed by atoms with E-state index in [1.54, 1.807) is 4.68 Å². The molecule has 0 aliphatic heterocycles. The van der Waals surface area contributed by atoms with E-state index in [0.717, 1.165) is 21.7 Å². The Morgan fingerprint density at radius 2 is 1.93 bits per heavy atom. The number of fused-ring (bicyclic) bond motifs is 3. The van der Waals surface area contributed by atoms with E-state index >= 15 is 0 Å². The van der Waals surface area contributed by atoms with Crippen LogP contribution in [0.5, 0.6) is 0 Å². The van der Waals surface area contributed by atoms with Crippen molar-refractivity contribution in [2.24, 2.45) is 0 Å². The molecule has 1 aromatic carbocycles. The van der Waals surface area contributed by atoms with Gasteiger partial charge < -0.3 is 5.84 Å². The molecule has 2 aromatic heterocycles. The van der Waals surface area contributed by atoms with Crippen LogP contribution in [0.4, 0.5) is 0 Å². The zero-order chi connectivity index (χ0) is 9.54. The van der Waals surface area contributed by atoms with Gasteiger partial charge in [0.15, 0.2) is 0 Å². The lowest BCUT2D eigenvalue weighted by Crippen LogP contribution is -2.02. The van der Waals surface area contributed by atoms with Crippen LogP contribution in [0, 0.1) is 0 Å². The molecule has 0 aliphatic rings. The Kier molecular flexibility index (Phi) is 1.31. The lowest BCUT2D eigenvalue weighted by Gasteiger charge is -1.96. The molecular weight excluding hydrogens is 174 g/mol. The number of para-hydroxylation sites is 1. The molecule has 2 heterocycles. The van der Waals surface area contributed by atoms with Gasteiger partial charge in [0, 0.05) is 34.7 Å². The minimum absolute atomic E-state index is 1.01. The summed E-state index contributed by atoms with van der Waals surface area (Å²) in [6.45, 7) is 0. The maximum atomic E-state index is 5.67. The van der Waals surface area contributed by atoms with Crippen molar-refractivity contribution in [3.8, 4) is 0 Å². The van der Waals surface area contributed by atoms with Gasteiger partial charge in [0.2, 0.25) is 0 Å². The summed E-state index contributed by atoms with van der Waals surface area (Å²) in [7, 11) is 0. The van der Waals surface area contributed by atoms with Crippen LogP contribution in [0.15, 0.2) is 42.9 Å². The Morgan fingerprint density at radius 1 is 1.07 bits per heavy atom. The van der Waals surface area contributed by atoms with E-state index in [2.05, 4.69) is 11.1 Å². The molecular formula is C11H9N3. The molecule has 3 heteroatoms. The number of pyridine rings is 1. The molecule has 0 aliphatic carbocycles. The Morgan fingerprint density at radius 3 is 2.86 bits per heavy atom. The van der Waals surface area contributed by atoms with Crippen LogP contribution in [0.1, 0.15) is 0 Å². The van der Waals surface area contributed by atoms with E-state index in [9.17, 15) is 0 Å². The van der Waals surface area contributed by atoms with E-state index < -0.39 is 0 Å². The Bertz CT molecular complexity index is 610. The highest BCUT2D eigenvalue weighted by Gasteiger charge is 2.02. The molecule has 0 unspecified atom stereocenters. The van der Waals surface area contributed by atoms with Crippen molar-refractivity contribution in [1.29, 1.82) is 0 Å². The van der Waals surface area contributed by atoms with E-state index in [-0.39, 0.29) is 0 Å². The van der Waals surface area contributed by atoms with Crippen molar-refractivity contribution in [2.75, 3.05) is 5.84 Å². The lowest BCUT2D eigenvalue weighted by atomic mass is 10.1.